The summed E-state index contributed by atoms with van der Waals surface area (Å²) >= 11 is 0. The monoisotopic (exact) mass is 237 g/mol. The van der Waals surface area contributed by atoms with E-state index in [2.05, 4.69) is 10.2 Å². The van der Waals surface area contributed by atoms with Crippen molar-refractivity contribution in [2.75, 3.05) is 0 Å². The normalized spacial score (nSPS) is 12.7. The van der Waals surface area contributed by atoms with E-state index in [1.54, 1.807) is 6.07 Å². The summed E-state index contributed by atoms with van der Waals surface area (Å²) < 4.78 is 25.8. The second kappa shape index (κ2) is 4.63. The molecule has 5 heteroatoms. The number of nitrogens with two attached hydrogens (primary N) is 1. The molecular weight excluding hydrogens is 224 g/mol. The summed E-state index contributed by atoms with van der Waals surface area (Å²) in [6, 6.07) is 5.51. The highest BCUT2D eigenvalue weighted by molar-refractivity contribution is 5.59. The lowest BCUT2D eigenvalue weighted by Gasteiger charge is -1.99. The Hall–Kier alpha value is -1.75. The Morgan fingerprint density at radius 3 is 2.71 bits per heavy atom. The summed E-state index contributed by atoms with van der Waals surface area (Å²) in [7, 11) is 0. The highest BCUT2D eigenvalue weighted by Gasteiger charge is 2.08. The van der Waals surface area contributed by atoms with E-state index >= 15 is 0 Å². The molecule has 0 saturated carbocycles. The van der Waals surface area contributed by atoms with Gasteiger partial charge in [0, 0.05) is 23.7 Å². The van der Waals surface area contributed by atoms with Gasteiger partial charge in [0.15, 0.2) is 11.6 Å². The third-order valence-electron chi connectivity index (χ3n) is 2.39. The van der Waals surface area contributed by atoms with Crippen molar-refractivity contribution in [3.63, 3.8) is 0 Å². The van der Waals surface area contributed by atoms with Crippen molar-refractivity contribution in [3.05, 3.63) is 41.6 Å². The molecule has 1 aromatic heterocycles. The highest BCUT2D eigenvalue weighted by Crippen LogP contribution is 2.20. The van der Waals surface area contributed by atoms with Crippen LogP contribution in [0.5, 0.6) is 0 Å². The lowest BCUT2D eigenvalue weighted by atomic mass is 10.1. The molecule has 1 unspecified atom stereocenters. The van der Waals surface area contributed by atoms with E-state index in [1.807, 2.05) is 6.92 Å². The van der Waals surface area contributed by atoms with Gasteiger partial charge in [0.25, 0.3) is 0 Å². The third-order valence-corrected chi connectivity index (χ3v) is 2.39. The predicted octanol–water partition coefficient (Wildman–Crippen LogP) is 2.24. The molecule has 1 atom stereocenters. The fraction of sp³-hybridized carbons (Fsp3) is 0.250. The maximum absolute atomic E-state index is 13.0. The van der Waals surface area contributed by atoms with Gasteiger partial charge in [0.2, 0.25) is 0 Å². The zero-order valence-electron chi connectivity index (χ0n) is 9.37. The fourth-order valence-corrected chi connectivity index (χ4v) is 1.62. The zero-order valence-corrected chi connectivity index (χ0v) is 9.37. The molecule has 90 valence electrons. The SMILES string of the molecule is CC(N)Cc1cc(-c2ccc(F)c(F)c2)n[nH]1. The van der Waals surface area contributed by atoms with E-state index in [1.165, 1.54) is 6.07 Å². The molecule has 2 aromatic rings. The molecule has 0 radical (unpaired) electrons. The maximum Gasteiger partial charge on any atom is 0.159 e. The standard InChI is InChI=1S/C12H13F2N3/c1-7(15)4-9-6-12(17-16-9)8-2-3-10(13)11(14)5-8/h2-3,5-7H,4,15H2,1H3,(H,16,17). The van der Waals surface area contributed by atoms with Crippen molar-refractivity contribution >= 4 is 0 Å². The molecule has 0 saturated heterocycles. The van der Waals surface area contributed by atoms with Gasteiger partial charge in [-0.25, -0.2) is 8.78 Å². The van der Waals surface area contributed by atoms with Gasteiger partial charge in [0.1, 0.15) is 0 Å². The number of H-pyrrole nitrogens is 1. The van der Waals surface area contributed by atoms with E-state index in [0.717, 1.165) is 17.8 Å². The van der Waals surface area contributed by atoms with Gasteiger partial charge in [-0.1, -0.05) is 0 Å². The molecule has 3 nitrogen and oxygen atoms in total. The first kappa shape index (κ1) is 11.7. The lowest BCUT2D eigenvalue weighted by Crippen LogP contribution is -2.17. The van der Waals surface area contributed by atoms with E-state index in [-0.39, 0.29) is 6.04 Å². The Morgan fingerprint density at radius 1 is 1.29 bits per heavy atom. The predicted molar refractivity (Wildman–Crippen MR) is 61.3 cm³/mol. The highest BCUT2D eigenvalue weighted by atomic mass is 19.2. The topological polar surface area (TPSA) is 54.7 Å². The number of benzene rings is 1. The van der Waals surface area contributed by atoms with Gasteiger partial charge in [-0.15, -0.1) is 0 Å². The molecule has 0 aliphatic heterocycles. The number of halogens is 2. The quantitative estimate of drug-likeness (QED) is 0.860. The second-order valence-electron chi connectivity index (χ2n) is 4.09. The molecule has 17 heavy (non-hydrogen) atoms. The smallest absolute Gasteiger partial charge is 0.159 e. The second-order valence-corrected chi connectivity index (χ2v) is 4.09. The van der Waals surface area contributed by atoms with Crippen molar-refractivity contribution in [2.24, 2.45) is 5.73 Å². The summed E-state index contributed by atoms with van der Waals surface area (Å²) in [5.74, 6) is -1.74. The van der Waals surface area contributed by atoms with Crippen LogP contribution in [-0.2, 0) is 6.42 Å². The summed E-state index contributed by atoms with van der Waals surface area (Å²) in [6.45, 7) is 1.89. The van der Waals surface area contributed by atoms with Crippen LogP contribution in [-0.4, -0.2) is 16.2 Å². The third kappa shape index (κ3) is 2.68. The minimum atomic E-state index is -0.876. The van der Waals surface area contributed by atoms with Crippen LogP contribution in [0.15, 0.2) is 24.3 Å². The Bertz CT molecular complexity index is 520. The van der Waals surface area contributed by atoms with Gasteiger partial charge < -0.3 is 5.73 Å². The summed E-state index contributed by atoms with van der Waals surface area (Å²) in [5.41, 5.74) is 7.65. The molecule has 0 bridgehead atoms. The average molecular weight is 237 g/mol. The number of nitrogens with one attached hydrogen (secondary N) is 1. The molecule has 0 fully saturated rings. The largest absolute Gasteiger partial charge is 0.328 e. The molecule has 0 spiro atoms. The summed E-state index contributed by atoms with van der Waals surface area (Å²) in [4.78, 5) is 0. The van der Waals surface area contributed by atoms with Gasteiger partial charge in [-0.05, 0) is 31.2 Å². The first-order chi connectivity index (χ1) is 8.06. The first-order valence-electron chi connectivity index (χ1n) is 5.31. The molecule has 1 heterocycles. The Labute approximate surface area is 97.7 Å². The number of hydrogen-bond acceptors (Lipinski definition) is 2. The van der Waals surface area contributed by atoms with Crippen LogP contribution in [0.3, 0.4) is 0 Å². The van der Waals surface area contributed by atoms with Crippen LogP contribution in [0, 0.1) is 11.6 Å². The number of aromatic amines is 1. The van der Waals surface area contributed by atoms with Gasteiger partial charge >= 0.3 is 0 Å². The van der Waals surface area contributed by atoms with Gasteiger partial charge in [0.05, 0.1) is 5.69 Å². The number of aromatic nitrogens is 2. The summed E-state index contributed by atoms with van der Waals surface area (Å²) in [5, 5.41) is 6.86. The molecular formula is C12H13F2N3. The molecule has 0 aliphatic rings. The van der Waals surface area contributed by atoms with E-state index in [9.17, 15) is 8.78 Å². The van der Waals surface area contributed by atoms with Crippen molar-refractivity contribution in [1.29, 1.82) is 0 Å². The number of rotatable bonds is 3. The fourth-order valence-electron chi connectivity index (χ4n) is 1.62. The van der Waals surface area contributed by atoms with E-state index in [0.29, 0.717) is 17.7 Å². The Balaban J connectivity index is 2.27. The van der Waals surface area contributed by atoms with Crippen LogP contribution >= 0.6 is 0 Å². The van der Waals surface area contributed by atoms with Crippen LogP contribution in [0.25, 0.3) is 11.3 Å². The molecule has 0 aliphatic carbocycles. The minimum Gasteiger partial charge on any atom is -0.328 e. The summed E-state index contributed by atoms with van der Waals surface area (Å²) in [6.07, 6.45) is 0.663. The van der Waals surface area contributed by atoms with Crippen LogP contribution < -0.4 is 5.73 Å². The van der Waals surface area contributed by atoms with Crippen LogP contribution in [0.4, 0.5) is 8.78 Å². The van der Waals surface area contributed by atoms with Crippen LogP contribution in [0.2, 0.25) is 0 Å². The Morgan fingerprint density at radius 2 is 2.06 bits per heavy atom. The van der Waals surface area contributed by atoms with E-state index < -0.39 is 11.6 Å². The first-order valence-corrected chi connectivity index (χ1v) is 5.31. The molecule has 2 rings (SSSR count). The molecule has 0 amide bonds. The van der Waals surface area contributed by atoms with E-state index in [4.69, 9.17) is 5.73 Å². The maximum atomic E-state index is 13.0. The lowest BCUT2D eigenvalue weighted by molar-refractivity contribution is 0.509. The Kier molecular flexibility index (Phi) is 3.19. The van der Waals surface area contributed by atoms with Crippen molar-refractivity contribution in [1.82, 2.24) is 10.2 Å². The number of hydrogen-bond donors (Lipinski definition) is 2. The zero-order chi connectivity index (χ0) is 12.4. The van der Waals surface area contributed by atoms with Gasteiger partial charge in [-0.2, -0.15) is 5.10 Å². The number of nitrogens with zero attached hydrogens (tertiary/aromatic N) is 1. The van der Waals surface area contributed by atoms with Crippen molar-refractivity contribution < 1.29 is 8.78 Å². The van der Waals surface area contributed by atoms with Crippen molar-refractivity contribution in [2.45, 2.75) is 19.4 Å². The minimum absolute atomic E-state index is 0.0215. The molecule has 3 N–H and O–H groups in total. The van der Waals surface area contributed by atoms with Gasteiger partial charge in [-0.3, -0.25) is 5.10 Å². The molecule has 1 aromatic carbocycles. The van der Waals surface area contributed by atoms with Crippen molar-refractivity contribution in [3.8, 4) is 11.3 Å². The average Bonchev–Trinajstić information content (AvgIpc) is 2.69. The van der Waals surface area contributed by atoms with Crippen LogP contribution in [0.1, 0.15) is 12.6 Å².